The van der Waals surface area contributed by atoms with Crippen LogP contribution in [-0.4, -0.2) is 41.7 Å². The van der Waals surface area contributed by atoms with Crippen molar-refractivity contribution in [2.75, 3.05) is 31.7 Å². The highest BCUT2D eigenvalue weighted by Gasteiger charge is 2.14. The minimum absolute atomic E-state index is 0.785. The molecule has 0 amide bonds. The Morgan fingerprint density at radius 2 is 2.05 bits per heavy atom. The number of anilines is 1. The Kier molecular flexibility index (Phi) is 4.71. The van der Waals surface area contributed by atoms with E-state index in [1.807, 2.05) is 18.2 Å². The van der Waals surface area contributed by atoms with Gasteiger partial charge in [-0.15, -0.1) is 0 Å². The minimum atomic E-state index is 0.785. The van der Waals surface area contributed by atoms with E-state index < -0.39 is 0 Å². The van der Waals surface area contributed by atoms with Crippen LogP contribution in [0.25, 0.3) is 5.57 Å². The number of nitrogens with zero attached hydrogens (tertiary/aromatic N) is 4. The Hall–Kier alpha value is -1.91. The number of hydrogen-bond donors (Lipinski definition) is 0. The van der Waals surface area contributed by atoms with Crippen molar-refractivity contribution in [1.29, 1.82) is 0 Å². The van der Waals surface area contributed by atoms with Gasteiger partial charge in [-0.1, -0.05) is 29.8 Å². The molecular formula is C17H19ClN4. The zero-order valence-electron chi connectivity index (χ0n) is 12.6. The first kappa shape index (κ1) is 15.0. The van der Waals surface area contributed by atoms with Gasteiger partial charge < -0.3 is 4.90 Å². The quantitative estimate of drug-likeness (QED) is 0.866. The fraction of sp³-hybridized carbons (Fsp3) is 0.294. The summed E-state index contributed by atoms with van der Waals surface area (Å²) in [4.78, 5) is 12.8. The van der Waals surface area contributed by atoms with Gasteiger partial charge in [0.15, 0.2) is 0 Å². The van der Waals surface area contributed by atoms with Crippen LogP contribution >= 0.6 is 11.6 Å². The van der Waals surface area contributed by atoms with Gasteiger partial charge in [0.2, 0.25) is 0 Å². The predicted molar refractivity (Wildman–Crippen MR) is 90.9 cm³/mol. The lowest BCUT2D eigenvalue weighted by atomic mass is 10.00. The second kappa shape index (κ2) is 6.90. The Bertz CT molecular complexity index is 639. The maximum atomic E-state index is 5.95. The van der Waals surface area contributed by atoms with E-state index in [-0.39, 0.29) is 0 Å². The van der Waals surface area contributed by atoms with Crippen molar-refractivity contribution in [3.63, 3.8) is 0 Å². The highest BCUT2D eigenvalue weighted by atomic mass is 35.5. The monoisotopic (exact) mass is 314 g/mol. The number of rotatable bonds is 4. The predicted octanol–water partition coefficient (Wildman–Crippen LogP) is 3.31. The molecule has 0 N–H and O–H groups in total. The Balaban J connectivity index is 1.60. The highest BCUT2D eigenvalue weighted by molar-refractivity contribution is 6.30. The Morgan fingerprint density at radius 3 is 2.68 bits per heavy atom. The summed E-state index contributed by atoms with van der Waals surface area (Å²) in [5, 5.41) is 0.785. The first-order chi connectivity index (χ1) is 10.7. The van der Waals surface area contributed by atoms with E-state index in [0.717, 1.165) is 37.0 Å². The molecule has 0 atom stereocenters. The van der Waals surface area contributed by atoms with E-state index in [9.17, 15) is 0 Å². The largest absolute Gasteiger partial charge is 0.347 e. The highest BCUT2D eigenvalue weighted by Crippen LogP contribution is 2.24. The van der Waals surface area contributed by atoms with E-state index in [4.69, 9.17) is 11.6 Å². The molecule has 0 unspecified atom stereocenters. The second-order valence-electron chi connectivity index (χ2n) is 5.47. The second-order valence-corrected chi connectivity index (χ2v) is 5.91. The van der Waals surface area contributed by atoms with Crippen LogP contribution in [0, 0.1) is 0 Å². The van der Waals surface area contributed by atoms with Gasteiger partial charge in [-0.25, -0.2) is 9.97 Å². The molecule has 0 saturated carbocycles. The standard InChI is InChI=1S/C17H19ClN4/c1-21(17-6-9-19-12-20-17)13-22-10-7-15(8-11-22)14-2-4-16(18)5-3-14/h2-7,9,12H,8,10-11,13H2,1H3. The maximum Gasteiger partial charge on any atom is 0.132 e. The number of halogens is 1. The topological polar surface area (TPSA) is 32.3 Å². The summed E-state index contributed by atoms with van der Waals surface area (Å²) in [7, 11) is 2.06. The third-order valence-electron chi connectivity index (χ3n) is 3.88. The van der Waals surface area contributed by atoms with E-state index in [1.165, 1.54) is 11.1 Å². The first-order valence-corrected chi connectivity index (χ1v) is 7.74. The molecule has 0 fully saturated rings. The Labute approximate surface area is 136 Å². The normalized spacial score (nSPS) is 15.5. The van der Waals surface area contributed by atoms with Crippen LogP contribution in [0.5, 0.6) is 0 Å². The average molecular weight is 315 g/mol. The van der Waals surface area contributed by atoms with Gasteiger partial charge in [0, 0.05) is 31.4 Å². The van der Waals surface area contributed by atoms with Gasteiger partial charge in [-0.3, -0.25) is 4.90 Å². The van der Waals surface area contributed by atoms with Crippen molar-refractivity contribution >= 4 is 23.0 Å². The smallest absolute Gasteiger partial charge is 0.132 e. The third kappa shape index (κ3) is 3.64. The van der Waals surface area contributed by atoms with Gasteiger partial charge >= 0.3 is 0 Å². The molecule has 1 aromatic heterocycles. The lowest BCUT2D eigenvalue weighted by molar-refractivity contribution is 0.304. The molecule has 3 rings (SSSR count). The van der Waals surface area contributed by atoms with Gasteiger partial charge in [0.1, 0.15) is 12.1 Å². The van der Waals surface area contributed by atoms with Crippen molar-refractivity contribution in [3.05, 3.63) is 59.5 Å². The summed E-state index contributed by atoms with van der Waals surface area (Å²) in [5.41, 5.74) is 2.67. The molecule has 1 aliphatic heterocycles. The molecule has 114 valence electrons. The number of benzene rings is 1. The van der Waals surface area contributed by atoms with Crippen LogP contribution in [-0.2, 0) is 0 Å². The minimum Gasteiger partial charge on any atom is -0.347 e. The molecule has 0 radical (unpaired) electrons. The Morgan fingerprint density at radius 1 is 1.23 bits per heavy atom. The summed E-state index contributed by atoms with van der Waals surface area (Å²) in [6.07, 6.45) is 6.72. The van der Waals surface area contributed by atoms with Crippen molar-refractivity contribution in [1.82, 2.24) is 14.9 Å². The molecule has 0 aliphatic carbocycles. The van der Waals surface area contributed by atoms with E-state index in [2.05, 4.69) is 45.0 Å². The summed E-state index contributed by atoms with van der Waals surface area (Å²) in [6.45, 7) is 2.86. The summed E-state index contributed by atoms with van der Waals surface area (Å²) < 4.78 is 0. The van der Waals surface area contributed by atoms with Crippen LogP contribution in [0.3, 0.4) is 0 Å². The molecule has 1 aliphatic rings. The molecule has 4 nitrogen and oxygen atoms in total. The van der Waals surface area contributed by atoms with Gasteiger partial charge in [-0.05, 0) is 35.8 Å². The van der Waals surface area contributed by atoms with Crippen LogP contribution in [0.2, 0.25) is 5.02 Å². The van der Waals surface area contributed by atoms with Crippen LogP contribution in [0.1, 0.15) is 12.0 Å². The van der Waals surface area contributed by atoms with Gasteiger partial charge in [0.05, 0.1) is 6.67 Å². The zero-order chi connectivity index (χ0) is 15.4. The van der Waals surface area contributed by atoms with Crippen LogP contribution in [0.15, 0.2) is 48.9 Å². The summed E-state index contributed by atoms with van der Waals surface area (Å²) in [5.74, 6) is 0.947. The van der Waals surface area contributed by atoms with E-state index >= 15 is 0 Å². The lowest BCUT2D eigenvalue weighted by Crippen LogP contribution is -2.38. The van der Waals surface area contributed by atoms with Gasteiger partial charge in [0.25, 0.3) is 0 Å². The molecule has 2 aromatic rings. The SMILES string of the molecule is CN(CN1CC=C(c2ccc(Cl)cc2)CC1)c1ccncn1. The van der Waals surface area contributed by atoms with E-state index in [1.54, 1.807) is 12.5 Å². The van der Waals surface area contributed by atoms with Crippen molar-refractivity contribution < 1.29 is 0 Å². The molecule has 2 heterocycles. The van der Waals surface area contributed by atoms with Crippen molar-refractivity contribution in [2.24, 2.45) is 0 Å². The van der Waals surface area contributed by atoms with E-state index in [0.29, 0.717) is 0 Å². The molecular weight excluding hydrogens is 296 g/mol. The lowest BCUT2D eigenvalue weighted by Gasteiger charge is -2.31. The molecule has 0 spiro atoms. The molecule has 0 saturated heterocycles. The molecule has 1 aromatic carbocycles. The molecule has 0 bridgehead atoms. The maximum absolute atomic E-state index is 5.95. The molecule has 22 heavy (non-hydrogen) atoms. The van der Waals surface area contributed by atoms with Crippen molar-refractivity contribution in [2.45, 2.75) is 6.42 Å². The summed E-state index contributed by atoms with van der Waals surface area (Å²) >= 11 is 5.95. The average Bonchev–Trinajstić information content (AvgIpc) is 2.57. The van der Waals surface area contributed by atoms with Crippen molar-refractivity contribution in [3.8, 4) is 0 Å². The zero-order valence-corrected chi connectivity index (χ0v) is 13.4. The third-order valence-corrected chi connectivity index (χ3v) is 4.13. The van der Waals surface area contributed by atoms with Crippen LogP contribution < -0.4 is 4.90 Å². The van der Waals surface area contributed by atoms with Crippen LogP contribution in [0.4, 0.5) is 5.82 Å². The van der Waals surface area contributed by atoms with Gasteiger partial charge in [-0.2, -0.15) is 0 Å². The fourth-order valence-electron chi connectivity index (χ4n) is 2.65. The molecule has 5 heteroatoms. The first-order valence-electron chi connectivity index (χ1n) is 7.37. The number of aromatic nitrogens is 2. The fourth-order valence-corrected chi connectivity index (χ4v) is 2.77. The summed E-state index contributed by atoms with van der Waals surface area (Å²) in [6, 6.07) is 10.0. The number of hydrogen-bond acceptors (Lipinski definition) is 4.